The molecule has 0 fully saturated rings. The molecule has 1 aliphatic heterocycles. The van der Waals surface area contributed by atoms with Crippen LogP contribution in [0.1, 0.15) is 11.1 Å². The number of nitrogens with zero attached hydrogens (tertiary/aromatic N) is 2. The lowest BCUT2D eigenvalue weighted by Crippen LogP contribution is -2.30. The van der Waals surface area contributed by atoms with Crippen molar-refractivity contribution in [3.05, 3.63) is 34.3 Å². The number of halogens is 5. The highest BCUT2D eigenvalue weighted by Crippen LogP contribution is 2.33. The van der Waals surface area contributed by atoms with Crippen molar-refractivity contribution in [2.45, 2.75) is 6.18 Å². The Labute approximate surface area is 124 Å². The second-order valence-corrected chi connectivity index (χ2v) is 4.13. The van der Waals surface area contributed by atoms with Crippen molar-refractivity contribution in [3.63, 3.8) is 0 Å². The van der Waals surface area contributed by atoms with Crippen LogP contribution < -0.4 is 10.7 Å². The van der Waals surface area contributed by atoms with Crippen molar-refractivity contribution < 1.29 is 13.2 Å². The number of alkyl halides is 3. The van der Waals surface area contributed by atoms with E-state index >= 15 is 0 Å². The predicted molar refractivity (Wildman–Crippen MR) is 74.7 cm³/mol. The molecular weight excluding hydrogens is 316 g/mol. The van der Waals surface area contributed by atoms with Gasteiger partial charge in [0.05, 0.1) is 23.3 Å². The molecule has 1 aliphatic rings. The van der Waals surface area contributed by atoms with Crippen molar-refractivity contribution in [2.75, 3.05) is 13.1 Å². The van der Waals surface area contributed by atoms with E-state index in [2.05, 4.69) is 20.8 Å². The first-order chi connectivity index (χ1) is 8.98. The number of hydrogen-bond donors (Lipinski definition) is 2. The summed E-state index contributed by atoms with van der Waals surface area (Å²) in [5.41, 5.74) is 1.51. The monoisotopic (exact) mass is 326 g/mol. The summed E-state index contributed by atoms with van der Waals surface area (Å²) in [5.74, 6) is 0.428. The van der Waals surface area contributed by atoms with Crippen molar-refractivity contribution >= 4 is 36.2 Å². The van der Waals surface area contributed by atoms with Gasteiger partial charge in [0, 0.05) is 12.1 Å². The van der Waals surface area contributed by atoms with Crippen LogP contribution in [0.15, 0.2) is 28.3 Å². The van der Waals surface area contributed by atoms with Gasteiger partial charge in [-0.25, -0.2) is 10.4 Å². The third-order valence-corrected chi connectivity index (χ3v) is 2.73. The molecule has 0 bridgehead atoms. The van der Waals surface area contributed by atoms with Gasteiger partial charge >= 0.3 is 6.18 Å². The number of aliphatic imine (C=N–C) groups is 1. The Kier molecular flexibility index (Phi) is 5.64. The van der Waals surface area contributed by atoms with E-state index in [4.69, 9.17) is 11.6 Å². The topological polar surface area (TPSA) is 48.8 Å². The fourth-order valence-corrected chi connectivity index (χ4v) is 1.77. The zero-order valence-electron chi connectivity index (χ0n) is 10.0. The first-order valence-corrected chi connectivity index (χ1v) is 5.79. The van der Waals surface area contributed by atoms with E-state index in [1.165, 1.54) is 12.1 Å². The number of hydrazone groups is 1. The highest BCUT2D eigenvalue weighted by atomic mass is 35.5. The van der Waals surface area contributed by atoms with Gasteiger partial charge in [0.15, 0.2) is 0 Å². The molecule has 2 rings (SSSR count). The Morgan fingerprint density at radius 2 is 2.15 bits per heavy atom. The summed E-state index contributed by atoms with van der Waals surface area (Å²) in [5, 5.41) is 6.57. The molecule has 1 aromatic rings. The van der Waals surface area contributed by atoms with Gasteiger partial charge in [0.25, 0.3) is 0 Å². The van der Waals surface area contributed by atoms with Gasteiger partial charge in [-0.2, -0.15) is 18.3 Å². The summed E-state index contributed by atoms with van der Waals surface area (Å²) in [6, 6.07) is 3.58. The fourth-order valence-electron chi connectivity index (χ4n) is 1.55. The maximum absolute atomic E-state index is 12.8. The summed E-state index contributed by atoms with van der Waals surface area (Å²) in [6.07, 6.45) is -3.44. The Morgan fingerprint density at radius 3 is 2.75 bits per heavy atom. The van der Waals surface area contributed by atoms with Crippen LogP contribution in [0, 0.1) is 0 Å². The molecule has 0 radical (unpaired) electrons. The van der Waals surface area contributed by atoms with Gasteiger partial charge in [-0.3, -0.25) is 0 Å². The average Bonchev–Trinajstić information content (AvgIpc) is 2.82. The maximum atomic E-state index is 12.8. The molecule has 1 aromatic carbocycles. The molecule has 0 saturated carbocycles. The van der Waals surface area contributed by atoms with Crippen molar-refractivity contribution in [1.82, 2.24) is 10.7 Å². The molecule has 1 heterocycles. The van der Waals surface area contributed by atoms with Gasteiger partial charge in [-0.05, 0) is 12.1 Å². The summed E-state index contributed by atoms with van der Waals surface area (Å²) < 4.78 is 38.3. The van der Waals surface area contributed by atoms with E-state index < -0.39 is 11.7 Å². The molecular formula is C11H11Cl2F3N4. The first kappa shape index (κ1) is 16.6. The SMILES string of the molecule is Cl.FC(F)(F)c1cccc(Cl)c1C=NNC1=NCCN1. The smallest absolute Gasteiger partial charge is 0.353 e. The molecule has 4 nitrogen and oxygen atoms in total. The second kappa shape index (κ2) is 6.81. The van der Waals surface area contributed by atoms with Crippen LogP contribution in [0.25, 0.3) is 0 Å². The van der Waals surface area contributed by atoms with Crippen LogP contribution in [-0.2, 0) is 6.18 Å². The van der Waals surface area contributed by atoms with E-state index in [-0.39, 0.29) is 23.0 Å². The third-order valence-electron chi connectivity index (χ3n) is 2.40. The van der Waals surface area contributed by atoms with Gasteiger partial charge in [-0.15, -0.1) is 12.4 Å². The van der Waals surface area contributed by atoms with E-state index in [1.807, 2.05) is 0 Å². The van der Waals surface area contributed by atoms with Crippen LogP contribution in [0.3, 0.4) is 0 Å². The van der Waals surface area contributed by atoms with Crippen molar-refractivity contribution in [1.29, 1.82) is 0 Å². The molecule has 0 amide bonds. The first-order valence-electron chi connectivity index (χ1n) is 5.41. The zero-order chi connectivity index (χ0) is 13.9. The highest BCUT2D eigenvalue weighted by molar-refractivity contribution is 6.33. The largest absolute Gasteiger partial charge is 0.417 e. The second-order valence-electron chi connectivity index (χ2n) is 3.73. The lowest BCUT2D eigenvalue weighted by molar-refractivity contribution is -0.137. The summed E-state index contributed by atoms with van der Waals surface area (Å²) in [6.45, 7) is 1.29. The summed E-state index contributed by atoms with van der Waals surface area (Å²) in [4.78, 5) is 3.99. The van der Waals surface area contributed by atoms with Crippen molar-refractivity contribution in [2.24, 2.45) is 10.1 Å². The van der Waals surface area contributed by atoms with Crippen LogP contribution in [0.4, 0.5) is 13.2 Å². The van der Waals surface area contributed by atoms with E-state index in [0.29, 0.717) is 19.0 Å². The number of hydrogen-bond acceptors (Lipinski definition) is 4. The normalized spacial score (nSPS) is 14.7. The number of benzene rings is 1. The Morgan fingerprint density at radius 1 is 1.40 bits per heavy atom. The molecule has 0 aliphatic carbocycles. The minimum absolute atomic E-state index is 0. The Hall–Kier alpha value is -1.47. The van der Waals surface area contributed by atoms with Crippen molar-refractivity contribution in [3.8, 4) is 0 Å². The van der Waals surface area contributed by atoms with Gasteiger partial charge in [0.1, 0.15) is 0 Å². The Bertz CT molecular complexity index is 529. The minimum Gasteiger partial charge on any atom is -0.353 e. The molecule has 110 valence electrons. The minimum atomic E-state index is -4.48. The lowest BCUT2D eigenvalue weighted by Gasteiger charge is -2.11. The Balaban J connectivity index is 0.00000200. The highest BCUT2D eigenvalue weighted by Gasteiger charge is 2.33. The maximum Gasteiger partial charge on any atom is 0.417 e. The van der Waals surface area contributed by atoms with Crippen LogP contribution >= 0.6 is 24.0 Å². The molecule has 0 aromatic heterocycles. The summed E-state index contributed by atoms with van der Waals surface area (Å²) in [7, 11) is 0. The molecule has 2 N–H and O–H groups in total. The van der Waals surface area contributed by atoms with E-state index in [0.717, 1.165) is 12.3 Å². The van der Waals surface area contributed by atoms with Gasteiger partial charge in [0.2, 0.25) is 5.96 Å². The third kappa shape index (κ3) is 4.01. The number of guanidine groups is 1. The molecule has 9 heteroatoms. The van der Waals surface area contributed by atoms with Gasteiger partial charge in [-0.1, -0.05) is 17.7 Å². The quantitative estimate of drug-likeness (QED) is 0.648. The summed E-state index contributed by atoms with van der Waals surface area (Å²) >= 11 is 5.77. The van der Waals surface area contributed by atoms with Crippen LogP contribution in [0.2, 0.25) is 5.02 Å². The number of rotatable bonds is 2. The predicted octanol–water partition coefficient (Wildman–Crippen LogP) is 2.66. The molecule has 0 saturated heterocycles. The molecule has 0 atom stereocenters. The average molecular weight is 327 g/mol. The molecule has 20 heavy (non-hydrogen) atoms. The van der Waals surface area contributed by atoms with E-state index in [1.54, 1.807) is 0 Å². The van der Waals surface area contributed by atoms with Crippen LogP contribution in [0.5, 0.6) is 0 Å². The van der Waals surface area contributed by atoms with E-state index in [9.17, 15) is 13.2 Å². The molecule has 0 spiro atoms. The molecule has 0 unspecified atom stereocenters. The van der Waals surface area contributed by atoms with Crippen LogP contribution in [-0.4, -0.2) is 25.3 Å². The standard InChI is InChI=1S/C11H10ClF3N4.ClH/c12-9-3-1-2-8(11(13,14)15)7(9)6-18-19-10-16-4-5-17-10;/h1-3,6H,4-5H2,(H2,16,17,19);1H. The van der Waals surface area contributed by atoms with Gasteiger partial charge < -0.3 is 5.32 Å². The fraction of sp³-hybridized carbons (Fsp3) is 0.273. The zero-order valence-corrected chi connectivity index (χ0v) is 11.6. The lowest BCUT2D eigenvalue weighted by atomic mass is 10.1. The number of nitrogens with one attached hydrogen (secondary N) is 2.